The Morgan fingerprint density at radius 1 is 1.13 bits per heavy atom. The lowest BCUT2D eigenvalue weighted by Gasteiger charge is -2.33. The zero-order valence-corrected chi connectivity index (χ0v) is 25.3. The first-order valence-corrected chi connectivity index (χ1v) is 15.8. The second kappa shape index (κ2) is 13.0. The van der Waals surface area contributed by atoms with Crippen molar-refractivity contribution in [1.29, 1.82) is 0 Å². The molecule has 3 aromatic rings. The minimum Gasteiger partial charge on any atom is -0.495 e. The number of methoxy groups -OCH3 is 2. The van der Waals surface area contributed by atoms with Crippen LogP contribution in [0.2, 0.25) is 0 Å². The maximum Gasteiger partial charge on any atom is 0.406 e. The van der Waals surface area contributed by atoms with Gasteiger partial charge in [-0.25, -0.2) is 17.2 Å². The van der Waals surface area contributed by atoms with Gasteiger partial charge in [-0.2, -0.15) is 13.2 Å². The molecule has 2 saturated heterocycles. The zero-order chi connectivity index (χ0) is 32.4. The molecule has 2 aliphatic rings. The van der Waals surface area contributed by atoms with Crippen molar-refractivity contribution in [3.05, 3.63) is 48.2 Å². The average Bonchev–Trinajstić information content (AvgIpc) is 3.60. The summed E-state index contributed by atoms with van der Waals surface area (Å²) in [6.45, 7) is -1.14. The van der Waals surface area contributed by atoms with E-state index in [0.29, 0.717) is 29.9 Å². The van der Waals surface area contributed by atoms with Gasteiger partial charge < -0.3 is 34.7 Å². The Labute approximate surface area is 257 Å². The molecule has 2 aromatic carbocycles. The molecule has 0 spiro atoms. The second-order valence-corrected chi connectivity index (χ2v) is 12.9. The Kier molecular flexibility index (Phi) is 9.50. The third kappa shape index (κ3) is 7.81. The summed E-state index contributed by atoms with van der Waals surface area (Å²) in [7, 11) is -0.788. The van der Waals surface area contributed by atoms with E-state index in [9.17, 15) is 30.4 Å². The van der Waals surface area contributed by atoms with Crippen LogP contribution in [0.3, 0.4) is 0 Å². The smallest absolute Gasteiger partial charge is 0.406 e. The molecule has 0 radical (unpaired) electrons. The molecule has 2 fully saturated rings. The van der Waals surface area contributed by atoms with Gasteiger partial charge in [0.05, 0.1) is 60.4 Å². The number of aromatic nitrogens is 1. The van der Waals surface area contributed by atoms with Crippen LogP contribution in [-0.4, -0.2) is 89.5 Å². The number of benzene rings is 2. The standard InChI is InChI=1S/C30H33F5N4O5S/c1-42-15-26-27(44-26)16-45(40,41)20-8-9-23(25(14-20)43-2)37-11-4-5-19-13-21-22(38-28-10-12-36-17-29(28,31)32)6-3-7-24(21)39(19)18-30(33,34)35/h3,6-9,13-14,26-28,36-38H,10-12,15-18H2,1-2H3. The van der Waals surface area contributed by atoms with Crippen molar-refractivity contribution >= 4 is 32.1 Å². The number of nitrogens with one attached hydrogen (secondary N) is 3. The molecule has 0 saturated carbocycles. The number of halogens is 5. The predicted molar refractivity (Wildman–Crippen MR) is 159 cm³/mol. The van der Waals surface area contributed by atoms with Crippen molar-refractivity contribution in [2.75, 3.05) is 56.8 Å². The van der Waals surface area contributed by atoms with E-state index in [4.69, 9.17) is 14.2 Å². The van der Waals surface area contributed by atoms with E-state index >= 15 is 0 Å². The summed E-state index contributed by atoms with van der Waals surface area (Å²) in [5.74, 6) is 2.56. The first-order valence-electron chi connectivity index (χ1n) is 14.1. The van der Waals surface area contributed by atoms with Crippen LogP contribution in [0.5, 0.6) is 5.75 Å². The van der Waals surface area contributed by atoms with Gasteiger partial charge >= 0.3 is 6.18 Å². The number of anilines is 2. The quantitative estimate of drug-likeness (QED) is 0.160. The largest absolute Gasteiger partial charge is 0.495 e. The van der Waals surface area contributed by atoms with Gasteiger partial charge in [0, 0.05) is 24.2 Å². The minimum atomic E-state index is -4.56. The van der Waals surface area contributed by atoms with Crippen LogP contribution in [0.25, 0.3) is 10.9 Å². The molecule has 2 aliphatic heterocycles. The molecular formula is C30H33F5N4O5S. The Balaban J connectivity index is 1.34. The average molecular weight is 657 g/mol. The number of ether oxygens (including phenoxy) is 3. The molecule has 3 atom stereocenters. The SMILES string of the molecule is COCC1OC1CS(=O)(=O)c1ccc(NCC#Cc2cc3c(NC4CCNCC4(F)F)cccc3n2CC(F)(F)F)c(OC)c1. The van der Waals surface area contributed by atoms with Crippen molar-refractivity contribution < 1.29 is 44.6 Å². The highest BCUT2D eigenvalue weighted by molar-refractivity contribution is 7.91. The number of epoxide rings is 1. The molecule has 15 heteroatoms. The number of alkyl halides is 5. The molecule has 3 heterocycles. The van der Waals surface area contributed by atoms with E-state index in [1.54, 1.807) is 6.07 Å². The van der Waals surface area contributed by atoms with Crippen molar-refractivity contribution in [2.45, 2.75) is 48.2 Å². The van der Waals surface area contributed by atoms with E-state index in [1.165, 1.54) is 50.6 Å². The molecular weight excluding hydrogens is 623 g/mol. The van der Waals surface area contributed by atoms with Crippen molar-refractivity contribution in [1.82, 2.24) is 9.88 Å². The first-order chi connectivity index (χ1) is 21.3. The molecule has 5 rings (SSSR count). The molecule has 244 valence electrons. The molecule has 0 amide bonds. The third-order valence-corrected chi connectivity index (χ3v) is 9.35. The van der Waals surface area contributed by atoms with Crippen LogP contribution in [0, 0.1) is 11.8 Å². The van der Waals surface area contributed by atoms with Crippen molar-refractivity contribution in [3.8, 4) is 17.6 Å². The van der Waals surface area contributed by atoms with Gasteiger partial charge in [0.2, 0.25) is 0 Å². The Hall–Kier alpha value is -3.58. The van der Waals surface area contributed by atoms with E-state index in [2.05, 4.69) is 27.8 Å². The highest BCUT2D eigenvalue weighted by Gasteiger charge is 2.43. The summed E-state index contributed by atoms with van der Waals surface area (Å²) in [5, 5.41) is 8.84. The van der Waals surface area contributed by atoms with E-state index in [1.807, 2.05) is 0 Å². The molecule has 45 heavy (non-hydrogen) atoms. The zero-order valence-electron chi connectivity index (χ0n) is 24.5. The lowest BCUT2D eigenvalue weighted by Crippen LogP contribution is -2.52. The maximum atomic E-state index is 14.5. The highest BCUT2D eigenvalue weighted by Crippen LogP contribution is 2.34. The van der Waals surface area contributed by atoms with Crippen molar-refractivity contribution in [2.24, 2.45) is 0 Å². The number of nitrogens with zero attached hydrogens (tertiary/aromatic N) is 1. The number of hydrogen-bond donors (Lipinski definition) is 3. The van der Waals surface area contributed by atoms with Gasteiger partial charge in [0.1, 0.15) is 24.5 Å². The molecule has 3 unspecified atom stereocenters. The number of sulfone groups is 1. The van der Waals surface area contributed by atoms with Crippen LogP contribution in [0.4, 0.5) is 33.3 Å². The third-order valence-electron chi connectivity index (χ3n) is 7.61. The summed E-state index contributed by atoms with van der Waals surface area (Å²) in [6, 6.07) is 9.15. The van der Waals surface area contributed by atoms with Crippen molar-refractivity contribution in [3.63, 3.8) is 0 Å². The Bertz CT molecular complexity index is 1700. The van der Waals surface area contributed by atoms with Gasteiger partial charge in [-0.3, -0.25) is 0 Å². The fourth-order valence-corrected chi connectivity index (χ4v) is 6.78. The fourth-order valence-electron chi connectivity index (χ4n) is 5.30. The van der Waals surface area contributed by atoms with Crippen LogP contribution >= 0.6 is 0 Å². The number of hydrogen-bond acceptors (Lipinski definition) is 8. The van der Waals surface area contributed by atoms with E-state index in [0.717, 1.165) is 4.57 Å². The van der Waals surface area contributed by atoms with Crippen LogP contribution in [0.15, 0.2) is 47.4 Å². The second-order valence-electron chi connectivity index (χ2n) is 10.9. The Morgan fingerprint density at radius 2 is 1.93 bits per heavy atom. The number of rotatable bonds is 11. The summed E-state index contributed by atoms with van der Waals surface area (Å²) >= 11 is 0. The normalized spacial score (nSPS) is 21.2. The summed E-state index contributed by atoms with van der Waals surface area (Å²) < 4.78 is 112. The lowest BCUT2D eigenvalue weighted by molar-refractivity contribution is -0.140. The van der Waals surface area contributed by atoms with Crippen LogP contribution in [-0.2, 0) is 25.9 Å². The molecule has 0 bridgehead atoms. The highest BCUT2D eigenvalue weighted by atomic mass is 32.2. The van der Waals surface area contributed by atoms with Gasteiger partial charge in [-0.1, -0.05) is 12.0 Å². The van der Waals surface area contributed by atoms with Gasteiger partial charge in [0.25, 0.3) is 5.92 Å². The predicted octanol–water partition coefficient (Wildman–Crippen LogP) is 4.27. The molecule has 0 aliphatic carbocycles. The van der Waals surface area contributed by atoms with Crippen LogP contribution in [0.1, 0.15) is 12.1 Å². The monoisotopic (exact) mass is 656 g/mol. The van der Waals surface area contributed by atoms with E-state index in [-0.39, 0.29) is 46.7 Å². The topological polar surface area (TPSA) is 106 Å². The number of piperidine rings is 1. The summed E-state index contributed by atoms with van der Waals surface area (Å²) in [6.07, 6.45) is -5.12. The molecule has 3 N–H and O–H groups in total. The van der Waals surface area contributed by atoms with Crippen LogP contribution < -0.4 is 20.7 Å². The number of fused-ring (bicyclic) bond motifs is 1. The summed E-state index contributed by atoms with van der Waals surface area (Å²) in [4.78, 5) is 0.0472. The lowest BCUT2D eigenvalue weighted by atomic mass is 10.0. The summed E-state index contributed by atoms with van der Waals surface area (Å²) in [5.41, 5.74) is 0.979. The molecule has 1 aromatic heterocycles. The van der Waals surface area contributed by atoms with Gasteiger partial charge in [-0.05, 0) is 49.2 Å². The van der Waals surface area contributed by atoms with E-state index < -0.39 is 47.2 Å². The maximum absolute atomic E-state index is 14.5. The van der Waals surface area contributed by atoms with Gasteiger partial charge in [0.15, 0.2) is 9.84 Å². The van der Waals surface area contributed by atoms with Gasteiger partial charge in [-0.15, -0.1) is 0 Å². The molecule has 9 nitrogen and oxygen atoms in total. The fraction of sp³-hybridized carbons (Fsp3) is 0.467. The first kappa shape index (κ1) is 32.8. The Morgan fingerprint density at radius 3 is 2.64 bits per heavy atom. The minimum absolute atomic E-state index is 0.0168.